The number of aromatic amines is 1. The molecule has 0 radical (unpaired) electrons. The quantitative estimate of drug-likeness (QED) is 0.285. The molecule has 0 atom stereocenters. The summed E-state index contributed by atoms with van der Waals surface area (Å²) in [5.41, 5.74) is 4.10. The first-order valence-corrected chi connectivity index (χ1v) is 9.03. The summed E-state index contributed by atoms with van der Waals surface area (Å²) in [6.45, 7) is 9.55. The molecular weight excluding hydrogens is 350 g/mol. The molecule has 0 aliphatic carbocycles. The van der Waals surface area contributed by atoms with E-state index in [1.807, 2.05) is 31.2 Å². The Morgan fingerprint density at radius 1 is 1.35 bits per heavy atom. The van der Waals surface area contributed by atoms with Gasteiger partial charge in [0.25, 0.3) is 5.56 Å². The van der Waals surface area contributed by atoms with Crippen molar-refractivity contribution in [3.8, 4) is 11.6 Å². The van der Waals surface area contributed by atoms with Gasteiger partial charge >= 0.3 is 0 Å². The summed E-state index contributed by atoms with van der Waals surface area (Å²) in [4.78, 5) is 17.0. The molecule has 2 aromatic rings. The zero-order valence-electron chi connectivity index (χ0n) is 15.3. The van der Waals surface area contributed by atoms with E-state index < -0.39 is 5.56 Å². The van der Waals surface area contributed by atoms with E-state index in [0.717, 1.165) is 25.2 Å². The number of benzene rings is 1. The van der Waals surface area contributed by atoms with Crippen LogP contribution in [0.1, 0.15) is 25.0 Å². The van der Waals surface area contributed by atoms with Crippen LogP contribution in [-0.4, -0.2) is 52.0 Å². The fourth-order valence-electron chi connectivity index (χ4n) is 2.62. The summed E-state index contributed by atoms with van der Waals surface area (Å²) < 4.78 is 1.57. The number of nitrogens with one attached hydrogen (secondary N) is 2. The molecule has 7 nitrogen and oxygen atoms in total. The molecule has 0 amide bonds. The lowest BCUT2D eigenvalue weighted by atomic mass is 10.2. The smallest absolute Gasteiger partial charge is 0.264 e. The summed E-state index contributed by atoms with van der Waals surface area (Å²) in [5.74, 6) is -0.234. The maximum Gasteiger partial charge on any atom is 0.264 e. The van der Waals surface area contributed by atoms with Crippen LogP contribution in [0.2, 0.25) is 0 Å². The summed E-state index contributed by atoms with van der Waals surface area (Å²) >= 11 is 5.22. The van der Waals surface area contributed by atoms with Crippen LogP contribution in [-0.2, 0) is 0 Å². The van der Waals surface area contributed by atoms with Crippen molar-refractivity contribution in [1.29, 1.82) is 0 Å². The molecule has 0 unspecified atom stereocenters. The van der Waals surface area contributed by atoms with E-state index in [0.29, 0.717) is 12.2 Å². The van der Waals surface area contributed by atoms with E-state index in [9.17, 15) is 9.90 Å². The Balaban J connectivity index is 2.26. The van der Waals surface area contributed by atoms with Gasteiger partial charge < -0.3 is 15.4 Å². The van der Waals surface area contributed by atoms with Crippen LogP contribution in [0.15, 0.2) is 34.2 Å². The molecule has 0 aliphatic rings. The second kappa shape index (κ2) is 9.30. The van der Waals surface area contributed by atoms with Gasteiger partial charge in [-0.2, -0.15) is 5.10 Å². The number of hydrazone groups is 1. The predicted molar refractivity (Wildman–Crippen MR) is 107 cm³/mol. The molecule has 1 heterocycles. The number of para-hydroxylation sites is 1. The first kappa shape index (κ1) is 19.9. The molecule has 0 saturated carbocycles. The summed E-state index contributed by atoms with van der Waals surface area (Å²) in [7, 11) is 0. The highest BCUT2D eigenvalue weighted by atomic mass is 32.1. The number of rotatable bonds is 8. The first-order valence-electron chi connectivity index (χ1n) is 8.62. The minimum atomic E-state index is -0.480. The summed E-state index contributed by atoms with van der Waals surface area (Å²) in [5, 5.41) is 14.7. The minimum Gasteiger partial charge on any atom is -0.494 e. The Kier molecular flexibility index (Phi) is 7.11. The monoisotopic (exact) mass is 375 g/mol. The zero-order valence-corrected chi connectivity index (χ0v) is 16.1. The average molecular weight is 375 g/mol. The van der Waals surface area contributed by atoms with E-state index in [2.05, 4.69) is 34.3 Å². The molecule has 1 aromatic heterocycles. The van der Waals surface area contributed by atoms with Crippen molar-refractivity contribution >= 4 is 18.4 Å². The third-order valence-electron chi connectivity index (χ3n) is 4.20. The van der Waals surface area contributed by atoms with Crippen molar-refractivity contribution in [2.75, 3.05) is 26.2 Å². The Labute approximate surface area is 158 Å². The summed E-state index contributed by atoms with van der Waals surface area (Å²) in [6, 6.07) is 7.47. The molecular formula is C18H25N5O2S. The van der Waals surface area contributed by atoms with Crippen molar-refractivity contribution in [1.82, 2.24) is 19.9 Å². The van der Waals surface area contributed by atoms with Gasteiger partial charge in [-0.15, -0.1) is 0 Å². The average Bonchev–Trinajstić information content (AvgIpc) is 2.62. The second-order valence-electron chi connectivity index (χ2n) is 5.81. The highest BCUT2D eigenvalue weighted by Gasteiger charge is 2.13. The van der Waals surface area contributed by atoms with E-state index >= 15 is 0 Å². The lowest BCUT2D eigenvalue weighted by molar-refractivity contribution is 0.303. The molecule has 0 saturated heterocycles. The minimum absolute atomic E-state index is 0.0530. The molecule has 0 aliphatic heterocycles. The molecule has 2 rings (SSSR count). The van der Waals surface area contributed by atoms with Gasteiger partial charge in [0.15, 0.2) is 4.77 Å². The zero-order chi connectivity index (χ0) is 19.1. The van der Waals surface area contributed by atoms with Crippen molar-refractivity contribution in [3.05, 3.63) is 50.5 Å². The number of aromatic nitrogens is 2. The lowest BCUT2D eigenvalue weighted by Crippen LogP contribution is -2.30. The van der Waals surface area contributed by atoms with Crippen molar-refractivity contribution in [2.45, 2.75) is 20.8 Å². The van der Waals surface area contributed by atoms with Crippen LogP contribution in [0, 0.1) is 11.7 Å². The molecule has 0 fully saturated rings. The Hall–Kier alpha value is -2.45. The van der Waals surface area contributed by atoms with Crippen LogP contribution in [0.25, 0.3) is 5.69 Å². The van der Waals surface area contributed by atoms with Crippen LogP contribution in [0.5, 0.6) is 5.88 Å². The third kappa shape index (κ3) is 4.59. The van der Waals surface area contributed by atoms with Crippen molar-refractivity contribution in [2.24, 2.45) is 5.10 Å². The SMILES string of the molecule is CCN(CC)CCN/N=C/c1c(O)n(-c2ccccc2C)c(=S)[nH]c1=O. The summed E-state index contributed by atoms with van der Waals surface area (Å²) in [6.07, 6.45) is 1.32. The van der Waals surface area contributed by atoms with Gasteiger partial charge in [0.05, 0.1) is 11.9 Å². The van der Waals surface area contributed by atoms with Gasteiger partial charge in [0.1, 0.15) is 5.56 Å². The molecule has 0 bridgehead atoms. The number of aryl methyl sites for hydroxylation is 1. The molecule has 8 heteroatoms. The van der Waals surface area contributed by atoms with E-state index in [-0.39, 0.29) is 16.2 Å². The van der Waals surface area contributed by atoms with Crippen LogP contribution in [0.4, 0.5) is 0 Å². The topological polar surface area (TPSA) is 85.7 Å². The Bertz CT molecular complexity index is 884. The van der Waals surface area contributed by atoms with Crippen LogP contribution in [0.3, 0.4) is 0 Å². The van der Waals surface area contributed by atoms with Crippen molar-refractivity contribution in [3.63, 3.8) is 0 Å². The maximum atomic E-state index is 12.2. The maximum absolute atomic E-state index is 12.2. The van der Waals surface area contributed by atoms with E-state index in [1.165, 1.54) is 10.8 Å². The number of likely N-dealkylation sites (N-methyl/N-ethyl adjacent to an activating group) is 1. The highest BCUT2D eigenvalue weighted by Crippen LogP contribution is 2.21. The molecule has 140 valence electrons. The number of nitrogens with zero attached hydrogens (tertiary/aromatic N) is 3. The first-order chi connectivity index (χ1) is 12.5. The number of hydrogen-bond acceptors (Lipinski definition) is 6. The Morgan fingerprint density at radius 2 is 2.04 bits per heavy atom. The molecule has 0 spiro atoms. The number of aromatic hydroxyl groups is 1. The fraction of sp³-hybridized carbons (Fsp3) is 0.389. The van der Waals surface area contributed by atoms with Crippen LogP contribution >= 0.6 is 12.2 Å². The van der Waals surface area contributed by atoms with E-state index in [4.69, 9.17) is 12.2 Å². The largest absolute Gasteiger partial charge is 0.494 e. The van der Waals surface area contributed by atoms with Crippen molar-refractivity contribution < 1.29 is 5.11 Å². The molecule has 26 heavy (non-hydrogen) atoms. The number of hydrogen-bond donors (Lipinski definition) is 3. The van der Waals surface area contributed by atoms with Gasteiger partial charge in [-0.3, -0.25) is 14.3 Å². The predicted octanol–water partition coefficient (Wildman–Crippen LogP) is 2.17. The fourth-order valence-corrected chi connectivity index (χ4v) is 2.89. The highest BCUT2D eigenvalue weighted by molar-refractivity contribution is 7.71. The third-order valence-corrected chi connectivity index (χ3v) is 4.48. The van der Waals surface area contributed by atoms with Gasteiger partial charge in [0, 0.05) is 13.1 Å². The van der Waals surface area contributed by atoms with Crippen LogP contribution < -0.4 is 11.0 Å². The Morgan fingerprint density at radius 3 is 2.69 bits per heavy atom. The lowest BCUT2D eigenvalue weighted by Gasteiger charge is -2.17. The van der Waals surface area contributed by atoms with Gasteiger partial charge in [0.2, 0.25) is 5.88 Å². The van der Waals surface area contributed by atoms with E-state index in [1.54, 1.807) is 0 Å². The molecule has 3 N–H and O–H groups in total. The molecule has 1 aromatic carbocycles. The van der Waals surface area contributed by atoms with Gasteiger partial charge in [-0.05, 0) is 43.9 Å². The van der Waals surface area contributed by atoms with Gasteiger partial charge in [-0.25, -0.2) is 0 Å². The van der Waals surface area contributed by atoms with Gasteiger partial charge in [-0.1, -0.05) is 32.0 Å². The number of H-pyrrole nitrogens is 1. The standard InChI is InChI=1S/C18H25N5O2S/c1-4-22(5-2)11-10-19-20-12-14-16(24)21-18(26)23(17(14)25)15-9-7-6-8-13(15)3/h6-9,12,19,25H,4-5,10-11H2,1-3H3,(H,21,24,26)/b20-12+. The normalized spacial score (nSPS) is 11.4. The second-order valence-corrected chi connectivity index (χ2v) is 6.20.